The van der Waals surface area contributed by atoms with E-state index in [0.29, 0.717) is 0 Å². The standard InChI is InChI=1S/C9H8ClF/c1-7-4-8(2-3-10)6-9(11)5-7/h2-6H,1H3. The maximum absolute atomic E-state index is 12.7. The van der Waals surface area contributed by atoms with Crippen molar-refractivity contribution < 1.29 is 4.39 Å². The summed E-state index contributed by atoms with van der Waals surface area (Å²) in [4.78, 5) is 0. The third-order valence-electron chi connectivity index (χ3n) is 1.32. The predicted octanol–water partition coefficient (Wildman–Crippen LogP) is 3.34. The molecule has 1 aromatic carbocycles. The van der Waals surface area contributed by atoms with Crippen LogP contribution in [0.15, 0.2) is 23.7 Å². The molecular weight excluding hydrogens is 163 g/mol. The van der Waals surface area contributed by atoms with Crippen molar-refractivity contribution in [2.45, 2.75) is 6.92 Å². The van der Waals surface area contributed by atoms with Gasteiger partial charge in [0.1, 0.15) is 5.82 Å². The van der Waals surface area contributed by atoms with Gasteiger partial charge in [-0.1, -0.05) is 17.7 Å². The highest BCUT2D eigenvalue weighted by Gasteiger charge is 1.93. The van der Waals surface area contributed by atoms with Gasteiger partial charge < -0.3 is 0 Å². The second-order valence-corrected chi connectivity index (χ2v) is 2.61. The van der Waals surface area contributed by atoms with Gasteiger partial charge in [0.2, 0.25) is 0 Å². The summed E-state index contributed by atoms with van der Waals surface area (Å²) in [7, 11) is 0. The van der Waals surface area contributed by atoms with Gasteiger partial charge in [0, 0.05) is 5.54 Å². The van der Waals surface area contributed by atoms with E-state index in [-0.39, 0.29) is 5.82 Å². The Labute approximate surface area is 70.3 Å². The number of benzene rings is 1. The van der Waals surface area contributed by atoms with Crippen LogP contribution in [-0.2, 0) is 0 Å². The summed E-state index contributed by atoms with van der Waals surface area (Å²) >= 11 is 5.34. The molecule has 0 fully saturated rings. The number of halogens is 2. The van der Waals surface area contributed by atoms with Crippen molar-refractivity contribution in [2.75, 3.05) is 0 Å². The van der Waals surface area contributed by atoms with E-state index in [2.05, 4.69) is 0 Å². The predicted molar refractivity (Wildman–Crippen MR) is 46.0 cm³/mol. The molecule has 1 aromatic rings. The van der Waals surface area contributed by atoms with Crippen LogP contribution in [0.5, 0.6) is 0 Å². The monoisotopic (exact) mass is 170 g/mol. The highest BCUT2D eigenvalue weighted by Crippen LogP contribution is 2.09. The van der Waals surface area contributed by atoms with Crippen molar-refractivity contribution in [3.05, 3.63) is 40.7 Å². The summed E-state index contributed by atoms with van der Waals surface area (Å²) in [5.74, 6) is -0.227. The van der Waals surface area contributed by atoms with Gasteiger partial charge in [-0.25, -0.2) is 4.39 Å². The van der Waals surface area contributed by atoms with Gasteiger partial charge in [0.15, 0.2) is 0 Å². The van der Waals surface area contributed by atoms with Crippen LogP contribution in [0.25, 0.3) is 6.08 Å². The molecule has 0 N–H and O–H groups in total. The first-order chi connectivity index (χ1) is 5.22. The van der Waals surface area contributed by atoms with Crippen molar-refractivity contribution >= 4 is 17.7 Å². The Kier molecular flexibility index (Phi) is 2.66. The first kappa shape index (κ1) is 8.28. The SMILES string of the molecule is Cc1cc(F)cc(C=CCl)c1. The van der Waals surface area contributed by atoms with Crippen LogP contribution in [0, 0.1) is 12.7 Å². The van der Waals surface area contributed by atoms with E-state index < -0.39 is 0 Å². The molecule has 58 valence electrons. The van der Waals surface area contributed by atoms with Crippen molar-refractivity contribution in [1.82, 2.24) is 0 Å². The van der Waals surface area contributed by atoms with Crippen molar-refractivity contribution in [3.8, 4) is 0 Å². The zero-order chi connectivity index (χ0) is 8.27. The molecule has 0 saturated heterocycles. The summed E-state index contributed by atoms with van der Waals surface area (Å²) in [6, 6.07) is 4.78. The third-order valence-corrected chi connectivity index (χ3v) is 1.45. The van der Waals surface area contributed by atoms with Crippen molar-refractivity contribution in [2.24, 2.45) is 0 Å². The van der Waals surface area contributed by atoms with Gasteiger partial charge in [-0.05, 0) is 36.3 Å². The Morgan fingerprint density at radius 2 is 2.09 bits per heavy atom. The summed E-state index contributed by atoms with van der Waals surface area (Å²) in [6.07, 6.45) is 1.65. The molecule has 0 aromatic heterocycles. The van der Waals surface area contributed by atoms with Crippen LogP contribution in [0.2, 0.25) is 0 Å². The lowest BCUT2D eigenvalue weighted by Crippen LogP contribution is -1.79. The fraction of sp³-hybridized carbons (Fsp3) is 0.111. The normalized spacial score (nSPS) is 10.8. The van der Waals surface area contributed by atoms with E-state index in [1.165, 1.54) is 17.7 Å². The fourth-order valence-corrected chi connectivity index (χ4v) is 1.08. The maximum Gasteiger partial charge on any atom is 0.124 e. The zero-order valence-electron chi connectivity index (χ0n) is 6.14. The lowest BCUT2D eigenvalue weighted by molar-refractivity contribution is 0.626. The minimum atomic E-state index is -0.227. The number of aryl methyl sites for hydroxylation is 1. The molecule has 1 rings (SSSR count). The lowest BCUT2D eigenvalue weighted by atomic mass is 10.1. The quantitative estimate of drug-likeness (QED) is 0.607. The van der Waals surface area contributed by atoms with Gasteiger partial charge in [0.05, 0.1) is 0 Å². The Balaban J connectivity index is 3.08. The molecule has 0 bridgehead atoms. The maximum atomic E-state index is 12.7. The molecule has 0 spiro atoms. The Bertz CT molecular complexity index is 259. The first-order valence-electron chi connectivity index (χ1n) is 3.26. The Morgan fingerprint density at radius 1 is 1.36 bits per heavy atom. The zero-order valence-corrected chi connectivity index (χ0v) is 6.90. The van der Waals surface area contributed by atoms with E-state index in [4.69, 9.17) is 11.6 Å². The number of rotatable bonds is 1. The average molecular weight is 171 g/mol. The summed E-state index contributed by atoms with van der Waals surface area (Å²) in [5.41, 5.74) is 3.06. The van der Waals surface area contributed by atoms with Gasteiger partial charge in [-0.15, -0.1) is 0 Å². The molecule has 0 unspecified atom stereocenters. The summed E-state index contributed by atoms with van der Waals surface area (Å²) in [5, 5.41) is 0. The number of hydrogen-bond acceptors (Lipinski definition) is 0. The second kappa shape index (κ2) is 3.54. The minimum Gasteiger partial charge on any atom is -0.207 e. The van der Waals surface area contributed by atoms with E-state index in [0.717, 1.165) is 11.1 Å². The van der Waals surface area contributed by atoms with Crippen LogP contribution in [0.1, 0.15) is 11.1 Å². The van der Waals surface area contributed by atoms with E-state index >= 15 is 0 Å². The Morgan fingerprint density at radius 3 is 2.64 bits per heavy atom. The molecular formula is C9H8ClF. The van der Waals surface area contributed by atoms with E-state index in [1.54, 1.807) is 6.08 Å². The molecule has 0 heterocycles. The molecule has 0 aliphatic carbocycles. The van der Waals surface area contributed by atoms with Crippen LogP contribution in [0.4, 0.5) is 4.39 Å². The van der Waals surface area contributed by atoms with Gasteiger partial charge >= 0.3 is 0 Å². The molecule has 0 nitrogen and oxygen atoms in total. The second-order valence-electron chi connectivity index (χ2n) is 2.35. The minimum absolute atomic E-state index is 0.227. The average Bonchev–Trinajstić information content (AvgIpc) is 1.85. The van der Waals surface area contributed by atoms with Gasteiger partial charge in [-0.3, -0.25) is 0 Å². The van der Waals surface area contributed by atoms with Crippen LogP contribution < -0.4 is 0 Å². The topological polar surface area (TPSA) is 0 Å². The van der Waals surface area contributed by atoms with Crippen LogP contribution in [-0.4, -0.2) is 0 Å². The first-order valence-corrected chi connectivity index (χ1v) is 3.70. The van der Waals surface area contributed by atoms with Gasteiger partial charge in [-0.2, -0.15) is 0 Å². The molecule has 11 heavy (non-hydrogen) atoms. The van der Waals surface area contributed by atoms with E-state index in [9.17, 15) is 4.39 Å². The molecule has 0 aliphatic heterocycles. The third kappa shape index (κ3) is 2.35. The molecule has 0 radical (unpaired) electrons. The molecule has 2 heteroatoms. The van der Waals surface area contributed by atoms with Crippen LogP contribution >= 0.6 is 11.6 Å². The number of hydrogen-bond donors (Lipinski definition) is 0. The van der Waals surface area contributed by atoms with Crippen LogP contribution in [0.3, 0.4) is 0 Å². The smallest absolute Gasteiger partial charge is 0.124 e. The lowest BCUT2D eigenvalue weighted by Gasteiger charge is -1.95. The molecule has 0 aliphatic rings. The fourth-order valence-electron chi connectivity index (χ4n) is 0.934. The molecule has 0 saturated carbocycles. The van der Waals surface area contributed by atoms with Crippen molar-refractivity contribution in [1.29, 1.82) is 0 Å². The Hall–Kier alpha value is -0.820. The summed E-state index contributed by atoms with van der Waals surface area (Å²) in [6.45, 7) is 1.84. The largest absolute Gasteiger partial charge is 0.207 e. The van der Waals surface area contributed by atoms with Crippen molar-refractivity contribution in [3.63, 3.8) is 0 Å². The highest BCUT2D eigenvalue weighted by atomic mass is 35.5. The molecule has 0 amide bonds. The molecule has 0 atom stereocenters. The van der Waals surface area contributed by atoms with Gasteiger partial charge in [0.25, 0.3) is 0 Å². The highest BCUT2D eigenvalue weighted by molar-refractivity contribution is 6.27. The summed E-state index contributed by atoms with van der Waals surface area (Å²) < 4.78 is 12.7. The van der Waals surface area contributed by atoms with E-state index in [1.807, 2.05) is 13.0 Å².